The normalized spacial score (nSPS) is 21.2. The fourth-order valence-electron chi connectivity index (χ4n) is 3.08. The van der Waals surface area contributed by atoms with Gasteiger partial charge >= 0.3 is 5.97 Å². The van der Waals surface area contributed by atoms with Gasteiger partial charge in [-0.1, -0.05) is 19.1 Å². The lowest BCUT2D eigenvalue weighted by Crippen LogP contribution is -2.53. The number of carbonyl (C=O) groups is 1. The summed E-state index contributed by atoms with van der Waals surface area (Å²) in [6.07, 6.45) is 3.87. The second-order valence-electron chi connectivity index (χ2n) is 5.95. The van der Waals surface area contributed by atoms with Crippen LogP contribution in [0.1, 0.15) is 25.3 Å². The molecule has 6 nitrogen and oxygen atoms in total. The van der Waals surface area contributed by atoms with Gasteiger partial charge in [0.05, 0.1) is 18.3 Å². The fraction of sp³-hybridized carbons (Fsp3) is 0.500. The van der Waals surface area contributed by atoms with Crippen molar-refractivity contribution < 1.29 is 9.90 Å². The Morgan fingerprint density at radius 3 is 3.05 bits per heavy atom. The fourth-order valence-corrected chi connectivity index (χ4v) is 3.08. The maximum atomic E-state index is 10.8. The van der Waals surface area contributed by atoms with E-state index in [1.54, 1.807) is 0 Å². The zero-order valence-electron chi connectivity index (χ0n) is 12.7. The summed E-state index contributed by atoms with van der Waals surface area (Å²) in [6.45, 7) is 3.78. The zero-order chi connectivity index (χ0) is 15.5. The first-order valence-corrected chi connectivity index (χ1v) is 7.77. The molecule has 0 saturated heterocycles. The highest BCUT2D eigenvalue weighted by Crippen LogP contribution is 2.26. The van der Waals surface area contributed by atoms with Crippen molar-refractivity contribution in [3.8, 4) is 0 Å². The summed E-state index contributed by atoms with van der Waals surface area (Å²) in [4.78, 5) is 12.9. The van der Waals surface area contributed by atoms with Crippen LogP contribution in [0.15, 0.2) is 24.4 Å². The second kappa shape index (κ2) is 6.46. The average Bonchev–Trinajstić information content (AvgIpc) is 2.91. The Morgan fingerprint density at radius 1 is 1.50 bits per heavy atom. The van der Waals surface area contributed by atoms with E-state index >= 15 is 0 Å². The summed E-state index contributed by atoms with van der Waals surface area (Å²) in [6, 6.07) is 7.18. The molecule has 0 aliphatic heterocycles. The smallest absolute Gasteiger partial charge is 0.317 e. The minimum absolute atomic E-state index is 0.143. The molecular weight excluding hydrogens is 280 g/mol. The number of nitrogens with one attached hydrogen (secondary N) is 2. The van der Waals surface area contributed by atoms with E-state index in [9.17, 15) is 4.79 Å². The molecule has 22 heavy (non-hydrogen) atoms. The third kappa shape index (κ3) is 3.28. The molecule has 1 saturated carbocycles. The Balaban J connectivity index is 1.46. The van der Waals surface area contributed by atoms with Gasteiger partial charge in [-0.05, 0) is 31.0 Å². The number of nitrogens with zero attached hydrogens (tertiary/aromatic N) is 2. The summed E-state index contributed by atoms with van der Waals surface area (Å²) in [5.41, 5.74) is 2.29. The standard InChI is InChI=1S/C16H22N4O2/c1-2-20(10-16(21)22)14-6-13(7-14)17-8-11-3-4-12-9-18-19-15(12)5-11/h3-5,9,13-14,17H,2,6-8,10H2,1H3,(H,18,19)(H,21,22). The van der Waals surface area contributed by atoms with Gasteiger partial charge in [-0.25, -0.2) is 0 Å². The van der Waals surface area contributed by atoms with Crippen LogP contribution < -0.4 is 5.32 Å². The first kappa shape index (κ1) is 15.0. The van der Waals surface area contributed by atoms with Crippen LogP contribution in [0, 0.1) is 0 Å². The monoisotopic (exact) mass is 302 g/mol. The molecule has 2 aromatic rings. The van der Waals surface area contributed by atoms with Crippen LogP contribution >= 0.6 is 0 Å². The molecule has 0 unspecified atom stereocenters. The summed E-state index contributed by atoms with van der Waals surface area (Å²) in [5, 5.41) is 20.6. The van der Waals surface area contributed by atoms with Crippen molar-refractivity contribution >= 4 is 16.9 Å². The minimum atomic E-state index is -0.744. The number of hydrogen-bond donors (Lipinski definition) is 3. The molecule has 0 spiro atoms. The summed E-state index contributed by atoms with van der Waals surface area (Å²) >= 11 is 0. The molecule has 1 fully saturated rings. The molecule has 1 aliphatic carbocycles. The Bertz CT molecular complexity index is 648. The van der Waals surface area contributed by atoms with Gasteiger partial charge in [-0.2, -0.15) is 5.10 Å². The number of aromatic nitrogens is 2. The van der Waals surface area contributed by atoms with Crippen LogP contribution in [0.3, 0.4) is 0 Å². The molecule has 0 radical (unpaired) electrons. The molecule has 3 rings (SSSR count). The zero-order valence-corrected chi connectivity index (χ0v) is 12.7. The molecule has 1 heterocycles. The van der Waals surface area contributed by atoms with Gasteiger partial charge in [0.1, 0.15) is 0 Å². The highest BCUT2D eigenvalue weighted by atomic mass is 16.4. The van der Waals surface area contributed by atoms with Crippen molar-refractivity contribution in [3.05, 3.63) is 30.0 Å². The number of carboxylic acids is 1. The summed E-state index contributed by atoms with van der Waals surface area (Å²) in [7, 11) is 0. The number of fused-ring (bicyclic) bond motifs is 1. The number of hydrogen-bond acceptors (Lipinski definition) is 4. The third-order valence-electron chi connectivity index (χ3n) is 4.48. The van der Waals surface area contributed by atoms with E-state index in [-0.39, 0.29) is 6.54 Å². The van der Waals surface area contributed by atoms with Gasteiger partial charge in [0, 0.05) is 24.0 Å². The number of aliphatic carboxylic acids is 1. The number of benzene rings is 1. The number of rotatable bonds is 7. The van der Waals surface area contributed by atoms with Crippen molar-refractivity contribution in [2.75, 3.05) is 13.1 Å². The van der Waals surface area contributed by atoms with E-state index in [2.05, 4.69) is 33.7 Å². The second-order valence-corrected chi connectivity index (χ2v) is 5.95. The molecule has 0 atom stereocenters. The molecule has 0 bridgehead atoms. The van der Waals surface area contributed by atoms with Crippen molar-refractivity contribution in [3.63, 3.8) is 0 Å². The first-order chi connectivity index (χ1) is 10.7. The van der Waals surface area contributed by atoms with E-state index < -0.39 is 5.97 Å². The highest BCUT2D eigenvalue weighted by molar-refractivity contribution is 5.78. The summed E-state index contributed by atoms with van der Waals surface area (Å²) in [5.74, 6) is -0.744. The van der Waals surface area contributed by atoms with Crippen LogP contribution in [0.4, 0.5) is 0 Å². The van der Waals surface area contributed by atoms with E-state index in [4.69, 9.17) is 5.11 Å². The molecule has 6 heteroatoms. The number of aromatic amines is 1. The molecule has 1 aromatic heterocycles. The number of carboxylic acid groups (broad SMARTS) is 1. The van der Waals surface area contributed by atoms with Crippen molar-refractivity contribution in [2.45, 2.75) is 38.4 Å². The van der Waals surface area contributed by atoms with Crippen LogP contribution in [0.25, 0.3) is 10.9 Å². The lowest BCUT2D eigenvalue weighted by atomic mass is 9.85. The van der Waals surface area contributed by atoms with Crippen molar-refractivity contribution in [1.82, 2.24) is 20.4 Å². The lowest BCUT2D eigenvalue weighted by Gasteiger charge is -2.42. The quantitative estimate of drug-likeness (QED) is 0.723. The number of likely N-dealkylation sites (N-methyl/N-ethyl adjacent to an activating group) is 1. The van der Waals surface area contributed by atoms with Gasteiger partial charge in [-0.15, -0.1) is 0 Å². The van der Waals surface area contributed by atoms with Crippen LogP contribution in [-0.2, 0) is 11.3 Å². The van der Waals surface area contributed by atoms with Gasteiger partial charge in [0.15, 0.2) is 0 Å². The molecular formula is C16H22N4O2. The van der Waals surface area contributed by atoms with Crippen LogP contribution in [-0.4, -0.2) is 51.3 Å². The largest absolute Gasteiger partial charge is 0.480 e. The predicted molar refractivity (Wildman–Crippen MR) is 84.6 cm³/mol. The van der Waals surface area contributed by atoms with E-state index in [1.165, 1.54) is 5.56 Å². The van der Waals surface area contributed by atoms with Gasteiger partial charge < -0.3 is 10.4 Å². The molecule has 0 amide bonds. The molecule has 118 valence electrons. The Morgan fingerprint density at radius 2 is 2.32 bits per heavy atom. The van der Waals surface area contributed by atoms with Gasteiger partial charge in [0.2, 0.25) is 0 Å². The predicted octanol–water partition coefficient (Wildman–Crippen LogP) is 1.59. The van der Waals surface area contributed by atoms with Crippen LogP contribution in [0.2, 0.25) is 0 Å². The Labute approximate surface area is 129 Å². The van der Waals surface area contributed by atoms with E-state index in [0.717, 1.165) is 36.8 Å². The summed E-state index contributed by atoms with van der Waals surface area (Å²) < 4.78 is 0. The maximum absolute atomic E-state index is 10.8. The lowest BCUT2D eigenvalue weighted by molar-refractivity contribution is -0.139. The average molecular weight is 302 g/mol. The van der Waals surface area contributed by atoms with Crippen LogP contribution in [0.5, 0.6) is 0 Å². The number of H-pyrrole nitrogens is 1. The Kier molecular flexibility index (Phi) is 4.40. The van der Waals surface area contributed by atoms with Gasteiger partial charge in [-0.3, -0.25) is 14.8 Å². The van der Waals surface area contributed by atoms with E-state index in [1.807, 2.05) is 18.0 Å². The minimum Gasteiger partial charge on any atom is -0.480 e. The van der Waals surface area contributed by atoms with E-state index in [0.29, 0.717) is 12.1 Å². The topological polar surface area (TPSA) is 81.2 Å². The van der Waals surface area contributed by atoms with Crippen molar-refractivity contribution in [1.29, 1.82) is 0 Å². The molecule has 1 aliphatic rings. The molecule has 1 aromatic carbocycles. The van der Waals surface area contributed by atoms with Gasteiger partial charge in [0.25, 0.3) is 0 Å². The van der Waals surface area contributed by atoms with Crippen molar-refractivity contribution in [2.24, 2.45) is 0 Å². The highest BCUT2D eigenvalue weighted by Gasteiger charge is 2.33. The SMILES string of the molecule is CCN(CC(=O)O)C1CC(NCc2ccc3cn[nH]c3c2)C1. The third-order valence-corrected chi connectivity index (χ3v) is 4.48. The maximum Gasteiger partial charge on any atom is 0.317 e. The Hall–Kier alpha value is -1.92. The molecule has 3 N–H and O–H groups in total. The first-order valence-electron chi connectivity index (χ1n) is 7.77.